The van der Waals surface area contributed by atoms with E-state index in [0.29, 0.717) is 59.6 Å². The number of aromatic nitrogens is 1. The van der Waals surface area contributed by atoms with Gasteiger partial charge in [0.05, 0.1) is 41.7 Å². The Morgan fingerprint density at radius 1 is 1.08 bits per heavy atom. The zero-order valence-corrected chi connectivity index (χ0v) is 28.3. The molecule has 16 heteroatoms. The Bertz CT molecular complexity index is 1860. The number of aliphatic carboxylic acids is 1. The van der Waals surface area contributed by atoms with E-state index in [1.54, 1.807) is 41.4 Å². The highest BCUT2D eigenvalue weighted by Crippen LogP contribution is 2.38. The molecule has 0 aliphatic carbocycles. The highest BCUT2D eigenvalue weighted by Gasteiger charge is 2.42. The van der Waals surface area contributed by atoms with Crippen LogP contribution in [0.1, 0.15) is 44.7 Å². The molecule has 2 fully saturated rings. The average molecular weight is 739 g/mol. The fourth-order valence-electron chi connectivity index (χ4n) is 6.38. The van der Waals surface area contributed by atoms with E-state index in [1.807, 2.05) is 0 Å². The Hall–Kier alpha value is -3.69. The zero-order valence-electron chi connectivity index (χ0n) is 26.0. The van der Waals surface area contributed by atoms with Crippen LogP contribution in [0.3, 0.4) is 0 Å². The number of nitrogens with one attached hydrogen (secondary N) is 1. The second-order valence-electron chi connectivity index (χ2n) is 12.1. The smallest absolute Gasteiger partial charge is 0.401 e. The number of furan rings is 1. The van der Waals surface area contributed by atoms with Crippen LogP contribution in [0.15, 0.2) is 53.3 Å². The number of carboxylic acid groups (broad SMARTS) is 1. The Morgan fingerprint density at radius 2 is 1.84 bits per heavy atom. The number of nitrogens with zero attached hydrogens (tertiary/aromatic N) is 4. The summed E-state index contributed by atoms with van der Waals surface area (Å²) in [6, 6.07) is 9.63. The summed E-state index contributed by atoms with van der Waals surface area (Å²) in [5.41, 5.74) is 1.60. The van der Waals surface area contributed by atoms with Gasteiger partial charge in [-0.1, -0.05) is 41.4 Å². The molecule has 0 bridgehead atoms. The highest BCUT2D eigenvalue weighted by molar-refractivity contribution is 7.11. The van der Waals surface area contributed by atoms with E-state index in [1.165, 1.54) is 28.6 Å². The van der Waals surface area contributed by atoms with Crippen molar-refractivity contribution in [1.82, 2.24) is 19.7 Å². The average Bonchev–Trinajstić information content (AvgIpc) is 3.80. The van der Waals surface area contributed by atoms with E-state index in [-0.39, 0.29) is 53.6 Å². The first-order valence-electron chi connectivity index (χ1n) is 15.6. The molecule has 0 spiro atoms. The number of aryl methyl sites for hydroxylation is 1. The third kappa shape index (κ3) is 8.38. The van der Waals surface area contributed by atoms with Crippen molar-refractivity contribution in [1.29, 1.82) is 0 Å². The van der Waals surface area contributed by atoms with Crippen molar-refractivity contribution in [3.05, 3.63) is 79.9 Å². The number of piperazine rings is 1. The molecule has 260 valence electrons. The molecule has 6 rings (SSSR count). The van der Waals surface area contributed by atoms with Gasteiger partial charge in [-0.15, -0.1) is 11.3 Å². The normalized spacial score (nSPS) is 19.1. The Labute approximate surface area is 293 Å². The van der Waals surface area contributed by atoms with Crippen molar-refractivity contribution in [2.75, 3.05) is 44.6 Å². The number of alkyl halides is 3. The molecule has 1 unspecified atom stereocenters. The number of benzene rings is 2. The summed E-state index contributed by atoms with van der Waals surface area (Å²) < 4.78 is 44.4. The van der Waals surface area contributed by atoms with Gasteiger partial charge in [0.15, 0.2) is 0 Å². The minimum atomic E-state index is -4.27. The second kappa shape index (κ2) is 14.7. The molecular weight excluding hydrogens is 706 g/mol. The molecule has 0 radical (unpaired) electrons. The van der Waals surface area contributed by atoms with Crippen LogP contribution in [-0.4, -0.2) is 94.1 Å². The number of halogens is 5. The second-order valence-corrected chi connectivity index (χ2v) is 14.1. The Morgan fingerprint density at radius 3 is 2.57 bits per heavy atom. The van der Waals surface area contributed by atoms with Gasteiger partial charge < -0.3 is 19.7 Å². The van der Waals surface area contributed by atoms with Gasteiger partial charge in [0, 0.05) is 60.2 Å². The fourth-order valence-corrected chi connectivity index (χ4v) is 7.88. The minimum Gasteiger partial charge on any atom is -0.481 e. The van der Waals surface area contributed by atoms with Crippen LogP contribution in [0.25, 0.3) is 11.0 Å². The number of para-hydroxylation sites is 1. The van der Waals surface area contributed by atoms with E-state index in [2.05, 4.69) is 15.2 Å². The van der Waals surface area contributed by atoms with Crippen LogP contribution >= 0.6 is 34.5 Å². The van der Waals surface area contributed by atoms with E-state index >= 15 is 0 Å². The van der Waals surface area contributed by atoms with Crippen LogP contribution in [0.5, 0.6) is 0 Å². The molecule has 2 aliphatic heterocycles. The number of thiazole rings is 1. The number of hydrogen-bond donors (Lipinski definition) is 2. The van der Waals surface area contributed by atoms with Gasteiger partial charge in [-0.2, -0.15) is 13.2 Å². The van der Waals surface area contributed by atoms with Crippen LogP contribution < -0.4 is 5.32 Å². The summed E-state index contributed by atoms with van der Waals surface area (Å²) in [5, 5.41) is 13.6. The van der Waals surface area contributed by atoms with Gasteiger partial charge >= 0.3 is 12.1 Å². The first-order valence-corrected chi connectivity index (χ1v) is 17.2. The summed E-state index contributed by atoms with van der Waals surface area (Å²) in [6.07, 6.45) is -0.582. The zero-order chi connectivity index (χ0) is 34.9. The fraction of sp³-hybridized carbons (Fsp3) is 0.394. The molecule has 2 aliphatic rings. The van der Waals surface area contributed by atoms with Gasteiger partial charge in [-0.3, -0.25) is 24.2 Å². The molecule has 0 saturated carbocycles. The van der Waals surface area contributed by atoms with Gasteiger partial charge in [-0.05, 0) is 36.6 Å². The minimum absolute atomic E-state index is 0.0475. The predicted octanol–water partition coefficient (Wildman–Crippen LogP) is 6.53. The molecule has 2 N–H and O–H groups in total. The van der Waals surface area contributed by atoms with Gasteiger partial charge in [0.25, 0.3) is 5.91 Å². The Balaban J connectivity index is 1.17. The summed E-state index contributed by atoms with van der Waals surface area (Å²) >= 11 is 14.6. The SMILES string of the molecule is O=C(O)CCc1cnc(C2C[C@H](N3CCN(CC(F)(F)F)CC3)CN2C(=O)Cc2cc(Cl)c(NC(=O)c3coc4ccccc34)cc2Cl)s1. The largest absolute Gasteiger partial charge is 0.481 e. The highest BCUT2D eigenvalue weighted by atomic mass is 35.5. The van der Waals surface area contributed by atoms with Gasteiger partial charge in [-0.25, -0.2) is 4.98 Å². The number of carboxylic acids is 1. The number of rotatable bonds is 10. The number of amides is 2. The maximum atomic E-state index is 14.0. The number of likely N-dealkylation sites (tertiary alicyclic amines) is 1. The van der Waals surface area contributed by atoms with Crippen molar-refractivity contribution in [2.24, 2.45) is 0 Å². The predicted molar refractivity (Wildman–Crippen MR) is 179 cm³/mol. The topological polar surface area (TPSA) is 119 Å². The quantitative estimate of drug-likeness (QED) is 0.189. The van der Waals surface area contributed by atoms with Crippen molar-refractivity contribution < 1.29 is 37.1 Å². The first-order chi connectivity index (χ1) is 23.3. The Kier molecular flexibility index (Phi) is 10.5. The lowest BCUT2D eigenvalue weighted by Crippen LogP contribution is -2.52. The van der Waals surface area contributed by atoms with E-state index < -0.39 is 30.6 Å². The standard InChI is InChI=1S/C33H32Cl2F3N5O5S/c34-24-14-26(40-31(47)23-17-48-28-4-2-1-3-22(23)28)25(35)11-19(24)12-29(44)43-16-20(42-9-7-41(8-10-42)18-33(36,37)38)13-27(43)32-39-15-21(49-32)5-6-30(45)46/h1-4,11,14-15,17,20,27H,5-10,12-13,16,18H2,(H,40,47)(H,45,46)/t20-,27?/m0/s1. The maximum Gasteiger partial charge on any atom is 0.401 e. The number of hydrogen-bond acceptors (Lipinski definition) is 8. The van der Waals surface area contributed by atoms with Gasteiger partial charge in [0.2, 0.25) is 5.91 Å². The van der Waals surface area contributed by atoms with Crippen molar-refractivity contribution in [2.45, 2.75) is 43.9 Å². The third-order valence-corrected chi connectivity index (χ3v) is 10.6. The van der Waals surface area contributed by atoms with Crippen molar-refractivity contribution >= 4 is 69.0 Å². The molecular formula is C33H32Cl2F3N5O5S. The molecule has 4 heterocycles. The summed E-state index contributed by atoms with van der Waals surface area (Å²) in [5.74, 6) is -1.61. The molecule has 10 nitrogen and oxygen atoms in total. The molecule has 2 aromatic carbocycles. The van der Waals surface area contributed by atoms with Crippen LogP contribution in [0, 0.1) is 0 Å². The first kappa shape index (κ1) is 35.1. The lowest BCUT2D eigenvalue weighted by molar-refractivity contribution is -0.150. The van der Waals surface area contributed by atoms with E-state index in [0.717, 1.165) is 4.88 Å². The van der Waals surface area contributed by atoms with E-state index in [4.69, 9.17) is 32.7 Å². The van der Waals surface area contributed by atoms with Gasteiger partial charge in [0.1, 0.15) is 16.9 Å². The molecule has 49 heavy (non-hydrogen) atoms. The molecule has 2 amide bonds. The number of carbonyl (C=O) groups excluding carboxylic acids is 2. The molecule has 2 saturated heterocycles. The maximum absolute atomic E-state index is 14.0. The lowest BCUT2D eigenvalue weighted by atomic mass is 10.1. The number of anilines is 1. The monoisotopic (exact) mass is 737 g/mol. The van der Waals surface area contributed by atoms with Crippen molar-refractivity contribution in [3.63, 3.8) is 0 Å². The molecule has 2 atom stereocenters. The van der Waals surface area contributed by atoms with Crippen LogP contribution in [-0.2, 0) is 22.4 Å². The lowest BCUT2D eigenvalue weighted by Gasteiger charge is -2.38. The summed E-state index contributed by atoms with van der Waals surface area (Å²) in [4.78, 5) is 48.7. The van der Waals surface area contributed by atoms with Crippen LogP contribution in [0.2, 0.25) is 10.0 Å². The number of fused-ring (bicyclic) bond motifs is 1. The van der Waals surface area contributed by atoms with E-state index in [9.17, 15) is 27.6 Å². The molecule has 2 aromatic heterocycles. The van der Waals surface area contributed by atoms with Crippen molar-refractivity contribution in [3.8, 4) is 0 Å². The molecule has 4 aromatic rings. The summed E-state index contributed by atoms with van der Waals surface area (Å²) in [7, 11) is 0. The summed E-state index contributed by atoms with van der Waals surface area (Å²) in [6.45, 7) is 0.771. The number of carbonyl (C=O) groups is 3. The van der Waals surface area contributed by atoms with Crippen LogP contribution in [0.4, 0.5) is 18.9 Å². The third-order valence-electron chi connectivity index (χ3n) is 8.82.